The van der Waals surface area contributed by atoms with Crippen molar-refractivity contribution in [2.75, 3.05) is 0 Å². The molecule has 4 nitrogen and oxygen atoms in total. The van der Waals surface area contributed by atoms with Crippen LogP contribution in [-0.2, 0) is 0 Å². The van der Waals surface area contributed by atoms with Crippen molar-refractivity contribution in [3.8, 4) is 6.07 Å². The summed E-state index contributed by atoms with van der Waals surface area (Å²) in [6.07, 6.45) is 3.34. The van der Waals surface area contributed by atoms with Gasteiger partial charge in [0.05, 0.1) is 23.7 Å². The van der Waals surface area contributed by atoms with E-state index in [-0.39, 0.29) is 0 Å². The minimum Gasteiger partial charge on any atom is -0.232 e. The SMILES string of the molecule is CC.Cc1cn2ncc(C#N)cc2n1. The molecule has 0 aromatic carbocycles. The minimum atomic E-state index is 0.535. The van der Waals surface area contributed by atoms with Crippen molar-refractivity contribution in [3.05, 3.63) is 29.7 Å². The maximum absolute atomic E-state index is 8.58. The van der Waals surface area contributed by atoms with Gasteiger partial charge in [-0.3, -0.25) is 0 Å². The Morgan fingerprint density at radius 1 is 1.43 bits per heavy atom. The lowest BCUT2D eigenvalue weighted by Gasteiger charge is -1.89. The highest BCUT2D eigenvalue weighted by molar-refractivity contribution is 5.44. The van der Waals surface area contributed by atoms with Crippen LogP contribution in [0.3, 0.4) is 0 Å². The van der Waals surface area contributed by atoms with Crippen LogP contribution in [0.25, 0.3) is 5.65 Å². The molecule has 0 unspecified atom stereocenters. The summed E-state index contributed by atoms with van der Waals surface area (Å²) in [7, 11) is 0. The Hall–Kier alpha value is -1.89. The second kappa shape index (κ2) is 4.38. The van der Waals surface area contributed by atoms with Crippen LogP contribution in [0, 0.1) is 18.3 Å². The Morgan fingerprint density at radius 3 is 2.79 bits per heavy atom. The van der Waals surface area contributed by atoms with Gasteiger partial charge >= 0.3 is 0 Å². The Kier molecular flexibility index (Phi) is 3.19. The van der Waals surface area contributed by atoms with Crippen molar-refractivity contribution in [1.82, 2.24) is 14.6 Å². The highest BCUT2D eigenvalue weighted by Crippen LogP contribution is 2.03. The van der Waals surface area contributed by atoms with E-state index < -0.39 is 0 Å². The first kappa shape index (κ1) is 10.2. The second-order valence-electron chi connectivity index (χ2n) is 2.54. The summed E-state index contributed by atoms with van der Waals surface area (Å²) in [4.78, 5) is 4.17. The van der Waals surface area contributed by atoms with E-state index in [2.05, 4.69) is 10.1 Å². The van der Waals surface area contributed by atoms with Gasteiger partial charge in [-0.05, 0) is 6.92 Å². The summed E-state index contributed by atoms with van der Waals surface area (Å²) in [6, 6.07) is 3.72. The van der Waals surface area contributed by atoms with Gasteiger partial charge in [-0.25, -0.2) is 9.50 Å². The number of aryl methyl sites for hydroxylation is 1. The standard InChI is InChI=1S/C8H6N4.C2H6/c1-6-5-12-8(11-6)2-7(3-9)4-10-12;1-2/h2,4-5H,1H3;1-2H3. The summed E-state index contributed by atoms with van der Waals surface area (Å²) in [6.45, 7) is 5.89. The van der Waals surface area contributed by atoms with Gasteiger partial charge in [0.25, 0.3) is 0 Å². The summed E-state index contributed by atoms with van der Waals surface area (Å²) in [5.41, 5.74) is 2.15. The van der Waals surface area contributed by atoms with Crippen LogP contribution >= 0.6 is 0 Å². The van der Waals surface area contributed by atoms with E-state index >= 15 is 0 Å². The van der Waals surface area contributed by atoms with Gasteiger partial charge in [0, 0.05) is 6.07 Å². The van der Waals surface area contributed by atoms with Crippen LogP contribution in [0.4, 0.5) is 0 Å². The molecule has 2 rings (SSSR count). The van der Waals surface area contributed by atoms with Crippen LogP contribution < -0.4 is 0 Å². The normalized spacial score (nSPS) is 9.00. The van der Waals surface area contributed by atoms with Gasteiger partial charge < -0.3 is 0 Å². The summed E-state index contributed by atoms with van der Waals surface area (Å²) in [5, 5.41) is 12.6. The average molecular weight is 188 g/mol. The Morgan fingerprint density at radius 2 is 2.14 bits per heavy atom. The monoisotopic (exact) mass is 188 g/mol. The van der Waals surface area contributed by atoms with Gasteiger partial charge in [0.1, 0.15) is 6.07 Å². The van der Waals surface area contributed by atoms with E-state index in [1.807, 2.05) is 33.0 Å². The van der Waals surface area contributed by atoms with Crippen LogP contribution in [0.15, 0.2) is 18.5 Å². The molecule has 4 heteroatoms. The molecule has 0 aliphatic carbocycles. The third-order valence-corrected chi connectivity index (χ3v) is 1.57. The van der Waals surface area contributed by atoms with Gasteiger partial charge in [-0.2, -0.15) is 10.4 Å². The molecule has 0 aliphatic rings. The summed E-state index contributed by atoms with van der Waals surface area (Å²) in [5.74, 6) is 0. The van der Waals surface area contributed by atoms with E-state index in [0.29, 0.717) is 11.2 Å². The van der Waals surface area contributed by atoms with Crippen molar-refractivity contribution in [3.63, 3.8) is 0 Å². The van der Waals surface area contributed by atoms with Crippen LogP contribution in [-0.4, -0.2) is 14.6 Å². The molecule has 2 heterocycles. The van der Waals surface area contributed by atoms with E-state index in [9.17, 15) is 0 Å². The van der Waals surface area contributed by atoms with Crippen molar-refractivity contribution in [2.45, 2.75) is 20.8 Å². The van der Waals surface area contributed by atoms with Gasteiger partial charge in [-0.1, -0.05) is 13.8 Å². The van der Waals surface area contributed by atoms with Gasteiger partial charge in [-0.15, -0.1) is 0 Å². The van der Waals surface area contributed by atoms with E-state index in [1.54, 1.807) is 10.6 Å². The molecule has 0 N–H and O–H groups in total. The minimum absolute atomic E-state index is 0.535. The zero-order valence-electron chi connectivity index (χ0n) is 8.52. The van der Waals surface area contributed by atoms with Crippen LogP contribution in [0.5, 0.6) is 0 Å². The molecule has 0 saturated carbocycles. The molecule has 0 saturated heterocycles. The molecule has 0 amide bonds. The molecule has 2 aromatic heterocycles. The number of fused-ring (bicyclic) bond motifs is 1. The molecule has 0 bridgehead atoms. The maximum atomic E-state index is 8.58. The Labute approximate surface area is 82.8 Å². The fourth-order valence-corrected chi connectivity index (χ4v) is 1.06. The smallest absolute Gasteiger partial charge is 0.155 e. The zero-order chi connectivity index (χ0) is 10.6. The Balaban J connectivity index is 0.000000461. The number of imidazole rings is 1. The number of nitrogens with zero attached hydrogens (tertiary/aromatic N) is 4. The molecule has 0 radical (unpaired) electrons. The molecule has 72 valence electrons. The summed E-state index contributed by atoms with van der Waals surface area (Å²) >= 11 is 0. The summed E-state index contributed by atoms with van der Waals surface area (Å²) < 4.78 is 1.65. The Bertz CT molecular complexity index is 464. The van der Waals surface area contributed by atoms with Gasteiger partial charge in [0.2, 0.25) is 0 Å². The first-order chi connectivity index (χ1) is 6.79. The number of aromatic nitrogens is 3. The molecule has 14 heavy (non-hydrogen) atoms. The number of hydrogen-bond acceptors (Lipinski definition) is 3. The lowest BCUT2D eigenvalue weighted by atomic mass is 10.3. The van der Waals surface area contributed by atoms with Gasteiger partial charge in [0.15, 0.2) is 5.65 Å². The maximum Gasteiger partial charge on any atom is 0.155 e. The van der Waals surface area contributed by atoms with Crippen LogP contribution in [0.2, 0.25) is 0 Å². The van der Waals surface area contributed by atoms with E-state index in [0.717, 1.165) is 5.69 Å². The van der Waals surface area contributed by atoms with Crippen molar-refractivity contribution >= 4 is 5.65 Å². The fraction of sp³-hybridized carbons (Fsp3) is 0.300. The first-order valence-corrected chi connectivity index (χ1v) is 4.52. The second-order valence-corrected chi connectivity index (χ2v) is 2.54. The van der Waals surface area contributed by atoms with E-state index in [4.69, 9.17) is 5.26 Å². The fourth-order valence-electron chi connectivity index (χ4n) is 1.06. The lowest BCUT2D eigenvalue weighted by Crippen LogP contribution is -1.89. The average Bonchev–Trinajstić information content (AvgIpc) is 2.59. The molecular weight excluding hydrogens is 176 g/mol. The third-order valence-electron chi connectivity index (χ3n) is 1.57. The predicted octanol–water partition coefficient (Wildman–Crippen LogP) is 1.94. The molecule has 0 atom stereocenters. The molecular formula is C10H12N4. The lowest BCUT2D eigenvalue weighted by molar-refractivity contribution is 0.931. The highest BCUT2D eigenvalue weighted by Gasteiger charge is 1.98. The number of hydrogen-bond donors (Lipinski definition) is 0. The topological polar surface area (TPSA) is 54.0 Å². The highest BCUT2D eigenvalue weighted by atomic mass is 15.2. The first-order valence-electron chi connectivity index (χ1n) is 4.52. The molecule has 2 aromatic rings. The molecule has 0 aliphatic heterocycles. The van der Waals surface area contributed by atoms with E-state index in [1.165, 1.54) is 6.20 Å². The molecule has 0 fully saturated rings. The molecule has 0 spiro atoms. The van der Waals surface area contributed by atoms with Crippen molar-refractivity contribution < 1.29 is 0 Å². The van der Waals surface area contributed by atoms with Crippen molar-refractivity contribution in [2.24, 2.45) is 0 Å². The van der Waals surface area contributed by atoms with Crippen LogP contribution in [0.1, 0.15) is 25.1 Å². The number of rotatable bonds is 0. The largest absolute Gasteiger partial charge is 0.232 e. The zero-order valence-corrected chi connectivity index (χ0v) is 8.52. The predicted molar refractivity (Wildman–Crippen MR) is 53.8 cm³/mol. The number of nitriles is 1. The van der Waals surface area contributed by atoms with Crippen molar-refractivity contribution in [1.29, 1.82) is 5.26 Å². The third kappa shape index (κ3) is 1.88. The quantitative estimate of drug-likeness (QED) is 0.634.